The minimum atomic E-state index is -0.358. The third-order valence-electron chi connectivity index (χ3n) is 7.25. The van der Waals surface area contributed by atoms with Crippen molar-refractivity contribution in [3.8, 4) is 0 Å². The standard InChI is InChI=1S/C33H28N4O5S/c1-20(38)29-11-12-30(43-29)33(41)35-24-4-2-3-21(17-24)31(39)22-5-10-26-27(32(40)36-28(26)18-22)19-34-23-6-8-25(9-7-23)37-13-15-42-16-14-37/h2-12,17-19,34H,13-16H2,1H3,(H,35,41)(H,36,40)/b27-19+. The molecule has 1 fully saturated rings. The van der Waals surface area contributed by atoms with E-state index in [-0.39, 0.29) is 23.4 Å². The molecule has 3 N–H and O–H groups in total. The first-order chi connectivity index (χ1) is 20.9. The summed E-state index contributed by atoms with van der Waals surface area (Å²) < 4.78 is 5.42. The molecule has 3 aromatic carbocycles. The topological polar surface area (TPSA) is 117 Å². The van der Waals surface area contributed by atoms with Crippen molar-refractivity contribution in [2.24, 2.45) is 0 Å². The molecule has 9 nitrogen and oxygen atoms in total. The number of benzene rings is 3. The van der Waals surface area contributed by atoms with Crippen LogP contribution in [0.25, 0.3) is 5.57 Å². The first kappa shape index (κ1) is 28.1. The van der Waals surface area contributed by atoms with Crippen molar-refractivity contribution < 1.29 is 23.9 Å². The smallest absolute Gasteiger partial charge is 0.265 e. The molecule has 10 heteroatoms. The predicted octanol–water partition coefficient (Wildman–Crippen LogP) is 5.68. The zero-order valence-electron chi connectivity index (χ0n) is 23.3. The molecule has 2 aliphatic rings. The molecule has 2 aliphatic heterocycles. The lowest BCUT2D eigenvalue weighted by Crippen LogP contribution is -2.36. The molecule has 43 heavy (non-hydrogen) atoms. The van der Waals surface area contributed by atoms with E-state index in [0.717, 1.165) is 49.0 Å². The average Bonchev–Trinajstić information content (AvgIpc) is 3.65. The molecule has 1 saturated heterocycles. The molecule has 216 valence electrons. The molecule has 4 aromatic rings. The van der Waals surface area contributed by atoms with E-state index in [1.54, 1.807) is 60.8 Å². The number of ether oxygens (including phenoxy) is 1. The van der Waals surface area contributed by atoms with Gasteiger partial charge < -0.3 is 25.6 Å². The third-order valence-corrected chi connectivity index (χ3v) is 8.44. The quantitative estimate of drug-likeness (QED) is 0.178. The van der Waals surface area contributed by atoms with Crippen LogP contribution >= 0.6 is 11.3 Å². The number of carbonyl (C=O) groups excluding carboxylic acids is 4. The second kappa shape index (κ2) is 12.0. The maximum absolute atomic E-state index is 13.3. The molecule has 3 heterocycles. The number of carbonyl (C=O) groups is 4. The SMILES string of the molecule is CC(=O)c1ccc(C(=O)Nc2cccc(C(=O)c3ccc4c(c3)NC(=O)/C4=C/Nc3ccc(N4CCOCC4)cc3)c2)s1. The summed E-state index contributed by atoms with van der Waals surface area (Å²) in [7, 11) is 0. The van der Waals surface area contributed by atoms with E-state index in [4.69, 9.17) is 4.74 Å². The number of nitrogens with zero attached hydrogens (tertiary/aromatic N) is 1. The Morgan fingerprint density at radius 3 is 2.37 bits per heavy atom. The molecule has 0 spiro atoms. The maximum Gasteiger partial charge on any atom is 0.265 e. The van der Waals surface area contributed by atoms with Crippen molar-refractivity contribution >= 4 is 63.0 Å². The first-order valence-electron chi connectivity index (χ1n) is 13.8. The largest absolute Gasteiger partial charge is 0.378 e. The molecule has 2 amide bonds. The van der Waals surface area contributed by atoms with Gasteiger partial charge in [-0.3, -0.25) is 19.2 Å². The molecule has 0 unspecified atom stereocenters. The number of nitrogens with one attached hydrogen (secondary N) is 3. The number of ketones is 2. The van der Waals surface area contributed by atoms with E-state index in [1.165, 1.54) is 6.92 Å². The number of Topliss-reactive ketones (excluding diaryl/α,β-unsaturated/α-hetero) is 1. The normalized spacial score (nSPS) is 15.1. The van der Waals surface area contributed by atoms with E-state index in [9.17, 15) is 19.2 Å². The van der Waals surface area contributed by atoms with Crippen LogP contribution in [-0.2, 0) is 9.53 Å². The number of rotatable bonds is 8. The summed E-state index contributed by atoms with van der Waals surface area (Å²) in [6.45, 7) is 4.62. The fraction of sp³-hybridized carbons (Fsp3) is 0.152. The number of anilines is 4. The van der Waals surface area contributed by atoms with Crippen LogP contribution in [0.2, 0.25) is 0 Å². The molecular formula is C33H28N4O5S. The van der Waals surface area contributed by atoms with Gasteiger partial charge in [0.05, 0.1) is 28.5 Å². The van der Waals surface area contributed by atoms with E-state index in [2.05, 4.69) is 20.9 Å². The number of morpholine rings is 1. The minimum absolute atomic E-state index is 0.101. The van der Waals surface area contributed by atoms with Gasteiger partial charge >= 0.3 is 0 Å². The van der Waals surface area contributed by atoms with Crippen molar-refractivity contribution in [3.63, 3.8) is 0 Å². The minimum Gasteiger partial charge on any atom is -0.378 e. The van der Waals surface area contributed by atoms with E-state index >= 15 is 0 Å². The van der Waals surface area contributed by atoms with Crippen molar-refractivity contribution in [1.29, 1.82) is 0 Å². The van der Waals surface area contributed by atoms with Crippen molar-refractivity contribution in [1.82, 2.24) is 0 Å². The zero-order chi connectivity index (χ0) is 29.9. The van der Waals surface area contributed by atoms with Crippen molar-refractivity contribution in [2.45, 2.75) is 6.92 Å². The molecule has 6 rings (SSSR count). The zero-order valence-corrected chi connectivity index (χ0v) is 24.1. The molecule has 0 saturated carbocycles. The Morgan fingerprint density at radius 2 is 1.63 bits per heavy atom. The Balaban J connectivity index is 1.14. The van der Waals surface area contributed by atoms with Gasteiger partial charge in [-0.2, -0.15) is 0 Å². The lowest BCUT2D eigenvalue weighted by molar-refractivity contribution is -0.110. The Morgan fingerprint density at radius 1 is 0.884 bits per heavy atom. The van der Waals surface area contributed by atoms with Gasteiger partial charge in [-0.15, -0.1) is 11.3 Å². The number of fused-ring (bicyclic) bond motifs is 1. The highest BCUT2D eigenvalue weighted by Crippen LogP contribution is 2.33. The first-order valence-corrected chi connectivity index (χ1v) is 14.6. The molecule has 1 aromatic heterocycles. The van der Waals surface area contributed by atoms with Crippen LogP contribution in [0, 0.1) is 0 Å². The Bertz CT molecular complexity index is 1770. The van der Waals surface area contributed by atoms with E-state index < -0.39 is 0 Å². The predicted molar refractivity (Wildman–Crippen MR) is 168 cm³/mol. The monoisotopic (exact) mass is 592 g/mol. The summed E-state index contributed by atoms with van der Waals surface area (Å²) >= 11 is 1.12. The van der Waals surface area contributed by atoms with Crippen LogP contribution in [-0.4, -0.2) is 49.7 Å². The fourth-order valence-corrected chi connectivity index (χ4v) is 5.77. The molecule has 0 bridgehead atoms. The van der Waals surface area contributed by atoms with Gasteiger partial charge in [0, 0.05) is 58.7 Å². The Kier molecular flexibility index (Phi) is 7.86. The van der Waals surface area contributed by atoms with Gasteiger partial charge in [0.2, 0.25) is 0 Å². The van der Waals surface area contributed by atoms with Crippen LogP contribution in [0.5, 0.6) is 0 Å². The van der Waals surface area contributed by atoms with Gasteiger partial charge in [0.1, 0.15) is 0 Å². The lowest BCUT2D eigenvalue weighted by atomic mass is 9.99. The second-order valence-corrected chi connectivity index (χ2v) is 11.2. The molecule has 0 aliphatic carbocycles. The van der Waals surface area contributed by atoms with Crippen LogP contribution in [0.1, 0.15) is 47.8 Å². The maximum atomic E-state index is 13.3. The van der Waals surface area contributed by atoms with Gasteiger partial charge in [-0.1, -0.05) is 24.3 Å². The lowest BCUT2D eigenvalue weighted by Gasteiger charge is -2.28. The number of amides is 2. The van der Waals surface area contributed by atoms with Gasteiger partial charge in [-0.05, 0) is 61.5 Å². The van der Waals surface area contributed by atoms with Crippen LogP contribution < -0.4 is 20.9 Å². The van der Waals surface area contributed by atoms with Crippen LogP contribution in [0.4, 0.5) is 22.7 Å². The summed E-state index contributed by atoms with van der Waals surface area (Å²) in [4.78, 5) is 53.5. The van der Waals surface area contributed by atoms with Gasteiger partial charge in [0.25, 0.3) is 11.8 Å². The highest BCUT2D eigenvalue weighted by Gasteiger charge is 2.25. The second-order valence-electron chi connectivity index (χ2n) is 10.1. The summed E-state index contributed by atoms with van der Waals surface area (Å²) in [6.07, 6.45) is 1.67. The van der Waals surface area contributed by atoms with Crippen molar-refractivity contribution in [2.75, 3.05) is 47.2 Å². The Hall–Kier alpha value is -5.06. The average molecular weight is 593 g/mol. The Labute approximate surface area is 252 Å². The summed E-state index contributed by atoms with van der Waals surface area (Å²) in [5.41, 5.74) is 4.94. The highest BCUT2D eigenvalue weighted by molar-refractivity contribution is 7.16. The van der Waals surface area contributed by atoms with E-state index in [1.807, 2.05) is 24.3 Å². The van der Waals surface area contributed by atoms with Crippen LogP contribution in [0.15, 0.2) is 85.1 Å². The fourth-order valence-electron chi connectivity index (χ4n) is 4.97. The summed E-state index contributed by atoms with van der Waals surface area (Å²) in [5.74, 6) is -0.971. The number of hydrogen-bond acceptors (Lipinski definition) is 8. The van der Waals surface area contributed by atoms with Gasteiger partial charge in [0.15, 0.2) is 11.6 Å². The van der Waals surface area contributed by atoms with Gasteiger partial charge in [-0.25, -0.2) is 0 Å². The van der Waals surface area contributed by atoms with E-state index in [0.29, 0.717) is 43.4 Å². The third kappa shape index (κ3) is 6.11. The summed E-state index contributed by atoms with van der Waals surface area (Å²) in [5, 5.41) is 8.85. The number of hydrogen-bond donors (Lipinski definition) is 3. The number of thiophene rings is 1. The molecule has 0 atom stereocenters. The summed E-state index contributed by atoms with van der Waals surface area (Å²) in [6, 6.07) is 23.0. The highest BCUT2D eigenvalue weighted by atomic mass is 32.1. The molecular weight excluding hydrogens is 564 g/mol. The van der Waals surface area contributed by atoms with Crippen molar-refractivity contribution in [3.05, 3.63) is 112 Å². The molecule has 0 radical (unpaired) electrons. The van der Waals surface area contributed by atoms with Crippen LogP contribution in [0.3, 0.4) is 0 Å².